The Labute approximate surface area is 148 Å². The van der Waals surface area contributed by atoms with Crippen LogP contribution in [0.4, 0.5) is 0 Å². The largest absolute Gasteiger partial charge is 0.496 e. The molecule has 0 N–H and O–H groups in total. The zero-order chi connectivity index (χ0) is 18.0. The fourth-order valence-corrected chi connectivity index (χ4v) is 3.23. The number of aryl methyl sites for hydroxylation is 2. The highest BCUT2D eigenvalue weighted by Crippen LogP contribution is 2.29. The lowest BCUT2D eigenvalue weighted by Crippen LogP contribution is -2.02. The number of benzene rings is 1. The van der Waals surface area contributed by atoms with Crippen LogP contribution in [0.15, 0.2) is 30.6 Å². The van der Waals surface area contributed by atoms with E-state index in [2.05, 4.69) is 34.6 Å². The molecule has 2 aromatic heterocycles. The number of methoxy groups -OCH3 is 2. The second kappa shape index (κ2) is 7.11. The molecule has 0 aliphatic carbocycles. The average molecular weight is 340 g/mol. The van der Waals surface area contributed by atoms with Crippen molar-refractivity contribution in [3.8, 4) is 22.8 Å². The maximum absolute atomic E-state index is 5.42. The number of ether oxygens (including phenoxy) is 2. The van der Waals surface area contributed by atoms with E-state index in [0.717, 1.165) is 46.3 Å². The molecule has 0 atom stereocenters. The van der Waals surface area contributed by atoms with E-state index in [-0.39, 0.29) is 0 Å². The van der Waals surface area contributed by atoms with Gasteiger partial charge < -0.3 is 9.47 Å². The first-order chi connectivity index (χ1) is 12.1. The lowest BCUT2D eigenvalue weighted by molar-refractivity contribution is 0.181. The summed E-state index contributed by atoms with van der Waals surface area (Å²) in [5, 5.41) is 4.62. The fraction of sp³-hybridized carbons (Fsp3) is 0.368. The van der Waals surface area contributed by atoms with Crippen molar-refractivity contribution in [2.75, 3.05) is 14.2 Å². The third-order valence-corrected chi connectivity index (χ3v) is 4.36. The van der Waals surface area contributed by atoms with Crippen molar-refractivity contribution in [1.29, 1.82) is 0 Å². The maximum Gasteiger partial charge on any atom is 0.144 e. The van der Waals surface area contributed by atoms with Crippen molar-refractivity contribution < 1.29 is 9.47 Å². The Kier molecular flexibility index (Phi) is 4.90. The third kappa shape index (κ3) is 3.05. The number of imidazole rings is 1. The molecule has 0 saturated heterocycles. The van der Waals surface area contributed by atoms with Crippen LogP contribution >= 0.6 is 0 Å². The first-order valence-electron chi connectivity index (χ1n) is 8.34. The van der Waals surface area contributed by atoms with E-state index < -0.39 is 0 Å². The third-order valence-electron chi connectivity index (χ3n) is 4.36. The second-order valence-corrected chi connectivity index (χ2v) is 5.92. The predicted octanol–water partition coefficient (Wildman–Crippen LogP) is 3.53. The van der Waals surface area contributed by atoms with Crippen molar-refractivity contribution in [2.45, 2.75) is 33.9 Å². The molecular weight excluding hydrogens is 316 g/mol. The SMILES string of the molecule is CCn1nc(C)c(-n2ccnc2-c2ccc(OC)c(COC)c2)c1C. The number of aromatic nitrogens is 4. The monoisotopic (exact) mass is 340 g/mol. The number of hydrogen-bond acceptors (Lipinski definition) is 4. The summed E-state index contributed by atoms with van der Waals surface area (Å²) < 4.78 is 14.8. The molecular formula is C19H24N4O2. The number of rotatable bonds is 6. The van der Waals surface area contributed by atoms with E-state index in [0.29, 0.717) is 6.61 Å². The Morgan fingerprint density at radius 3 is 2.60 bits per heavy atom. The van der Waals surface area contributed by atoms with Crippen molar-refractivity contribution in [2.24, 2.45) is 0 Å². The van der Waals surface area contributed by atoms with Crippen molar-refractivity contribution >= 4 is 0 Å². The Bertz CT molecular complexity index is 880. The van der Waals surface area contributed by atoms with Gasteiger partial charge in [0, 0.05) is 37.2 Å². The van der Waals surface area contributed by atoms with E-state index in [9.17, 15) is 0 Å². The molecule has 3 rings (SSSR count). The molecule has 1 aromatic carbocycles. The van der Waals surface area contributed by atoms with Crippen LogP contribution in [0.2, 0.25) is 0 Å². The molecule has 25 heavy (non-hydrogen) atoms. The molecule has 132 valence electrons. The molecule has 2 heterocycles. The lowest BCUT2D eigenvalue weighted by Gasteiger charge is -2.12. The highest BCUT2D eigenvalue weighted by atomic mass is 16.5. The van der Waals surface area contributed by atoms with Gasteiger partial charge in [-0.2, -0.15) is 5.10 Å². The fourth-order valence-electron chi connectivity index (χ4n) is 3.23. The molecule has 0 bridgehead atoms. The highest BCUT2D eigenvalue weighted by molar-refractivity contribution is 5.62. The summed E-state index contributed by atoms with van der Waals surface area (Å²) in [6.07, 6.45) is 3.80. The van der Waals surface area contributed by atoms with Gasteiger partial charge in [-0.05, 0) is 39.0 Å². The van der Waals surface area contributed by atoms with Crippen LogP contribution in [0.25, 0.3) is 17.1 Å². The van der Waals surface area contributed by atoms with Gasteiger partial charge in [-0.1, -0.05) is 0 Å². The van der Waals surface area contributed by atoms with Gasteiger partial charge in [0.2, 0.25) is 0 Å². The van der Waals surface area contributed by atoms with E-state index in [1.807, 2.05) is 36.1 Å². The summed E-state index contributed by atoms with van der Waals surface area (Å²) in [6, 6.07) is 6.04. The van der Waals surface area contributed by atoms with E-state index >= 15 is 0 Å². The molecule has 6 heteroatoms. The van der Waals surface area contributed by atoms with Crippen LogP contribution in [-0.2, 0) is 17.9 Å². The predicted molar refractivity (Wildman–Crippen MR) is 97.2 cm³/mol. The van der Waals surface area contributed by atoms with Gasteiger partial charge in [-0.15, -0.1) is 0 Å². The second-order valence-electron chi connectivity index (χ2n) is 5.92. The van der Waals surface area contributed by atoms with Gasteiger partial charge >= 0.3 is 0 Å². The van der Waals surface area contributed by atoms with Gasteiger partial charge in [0.1, 0.15) is 11.6 Å². The molecule has 0 aliphatic rings. The first kappa shape index (κ1) is 17.2. The van der Waals surface area contributed by atoms with Crippen molar-refractivity contribution in [1.82, 2.24) is 19.3 Å². The van der Waals surface area contributed by atoms with Crippen LogP contribution in [0, 0.1) is 13.8 Å². The maximum atomic E-state index is 5.42. The molecule has 6 nitrogen and oxygen atoms in total. The van der Waals surface area contributed by atoms with Crippen LogP contribution < -0.4 is 4.74 Å². The number of hydrogen-bond donors (Lipinski definition) is 0. The summed E-state index contributed by atoms with van der Waals surface area (Å²) in [5.41, 5.74) is 5.21. The number of nitrogens with zero attached hydrogens (tertiary/aromatic N) is 4. The van der Waals surface area contributed by atoms with E-state index in [4.69, 9.17) is 9.47 Å². The van der Waals surface area contributed by atoms with Gasteiger partial charge in [0.05, 0.1) is 30.8 Å². The Morgan fingerprint density at radius 1 is 1.16 bits per heavy atom. The van der Waals surface area contributed by atoms with Gasteiger partial charge in [0.15, 0.2) is 0 Å². The minimum atomic E-state index is 0.490. The van der Waals surface area contributed by atoms with Gasteiger partial charge in [-0.25, -0.2) is 4.98 Å². The standard InChI is InChI=1S/C19H24N4O2/c1-6-23-14(3)18(13(2)21-23)22-10-9-20-19(22)15-7-8-17(25-5)16(11-15)12-24-4/h7-11H,6,12H2,1-5H3. The van der Waals surface area contributed by atoms with Crippen LogP contribution in [0.3, 0.4) is 0 Å². The molecule has 0 unspecified atom stereocenters. The minimum Gasteiger partial charge on any atom is -0.496 e. The smallest absolute Gasteiger partial charge is 0.144 e. The summed E-state index contributed by atoms with van der Waals surface area (Å²) in [4.78, 5) is 4.58. The minimum absolute atomic E-state index is 0.490. The average Bonchev–Trinajstić information content (AvgIpc) is 3.19. The zero-order valence-electron chi connectivity index (χ0n) is 15.4. The zero-order valence-corrected chi connectivity index (χ0v) is 15.4. The molecule has 3 aromatic rings. The first-order valence-corrected chi connectivity index (χ1v) is 8.34. The summed E-state index contributed by atoms with van der Waals surface area (Å²) in [6.45, 7) is 7.55. The van der Waals surface area contributed by atoms with Crippen LogP contribution in [0.1, 0.15) is 23.9 Å². The van der Waals surface area contributed by atoms with Crippen molar-refractivity contribution in [3.63, 3.8) is 0 Å². The molecule has 0 radical (unpaired) electrons. The summed E-state index contributed by atoms with van der Waals surface area (Å²) in [7, 11) is 3.35. The molecule has 0 aliphatic heterocycles. The quantitative estimate of drug-likeness (QED) is 0.689. The normalized spacial score (nSPS) is 11.1. The van der Waals surface area contributed by atoms with Gasteiger partial charge in [0.25, 0.3) is 0 Å². The van der Waals surface area contributed by atoms with Gasteiger partial charge in [-0.3, -0.25) is 9.25 Å². The molecule has 0 fully saturated rings. The highest BCUT2D eigenvalue weighted by Gasteiger charge is 2.17. The Hall–Kier alpha value is -2.60. The van der Waals surface area contributed by atoms with Crippen LogP contribution in [0.5, 0.6) is 5.75 Å². The van der Waals surface area contributed by atoms with E-state index in [1.165, 1.54) is 0 Å². The summed E-state index contributed by atoms with van der Waals surface area (Å²) >= 11 is 0. The Morgan fingerprint density at radius 2 is 1.96 bits per heavy atom. The molecule has 0 spiro atoms. The van der Waals surface area contributed by atoms with E-state index in [1.54, 1.807) is 14.2 Å². The molecule has 0 saturated carbocycles. The summed E-state index contributed by atoms with van der Waals surface area (Å²) in [5.74, 6) is 1.69. The topological polar surface area (TPSA) is 54.1 Å². The Balaban J connectivity index is 2.12. The van der Waals surface area contributed by atoms with Crippen molar-refractivity contribution in [3.05, 3.63) is 47.5 Å². The molecule has 0 amide bonds. The lowest BCUT2D eigenvalue weighted by atomic mass is 10.1. The van der Waals surface area contributed by atoms with Crippen LogP contribution in [-0.4, -0.2) is 33.6 Å².